The second kappa shape index (κ2) is 8.06. The van der Waals surface area contributed by atoms with E-state index in [2.05, 4.69) is 53.3 Å². The van der Waals surface area contributed by atoms with Crippen LogP contribution in [0.15, 0.2) is 30.7 Å². The molecule has 2 aromatic rings. The van der Waals surface area contributed by atoms with Crippen molar-refractivity contribution in [2.75, 3.05) is 20.6 Å². The van der Waals surface area contributed by atoms with Crippen LogP contribution in [-0.4, -0.2) is 46.8 Å². The molecule has 0 aliphatic heterocycles. The molecule has 2 rings (SSSR count). The van der Waals surface area contributed by atoms with E-state index in [0.717, 1.165) is 24.3 Å². The zero-order chi connectivity index (χ0) is 15.9. The van der Waals surface area contributed by atoms with Gasteiger partial charge in [0, 0.05) is 42.7 Å². The molecule has 5 nitrogen and oxygen atoms in total. The summed E-state index contributed by atoms with van der Waals surface area (Å²) in [5.74, 6) is 0.703. The summed E-state index contributed by atoms with van der Waals surface area (Å²) in [4.78, 5) is 6.47. The van der Waals surface area contributed by atoms with Crippen molar-refractivity contribution < 1.29 is 0 Å². The van der Waals surface area contributed by atoms with Crippen LogP contribution in [0.5, 0.6) is 0 Å². The Labute approximate surface area is 133 Å². The number of aromatic nitrogens is 3. The summed E-state index contributed by atoms with van der Waals surface area (Å²) in [6.07, 6.45) is 6.73. The average Bonchev–Trinajstić information content (AvgIpc) is 2.95. The number of aromatic amines is 1. The molecule has 0 amide bonds. The second-order valence-electron chi connectivity index (χ2n) is 6.39. The fourth-order valence-corrected chi connectivity index (χ4v) is 2.60. The first-order chi connectivity index (χ1) is 10.6. The van der Waals surface area contributed by atoms with Crippen LogP contribution in [0.3, 0.4) is 0 Å². The molecule has 120 valence electrons. The van der Waals surface area contributed by atoms with Gasteiger partial charge < -0.3 is 10.2 Å². The standard InChI is InChI=1S/C17H27N5/c1-13(2)8-16(22(3)4)12-19-10-15-11-20-21-17(15)14-6-5-7-18-9-14/h5-7,9,11,13,16,19H,8,10,12H2,1-4H3,(H,20,21)/t16-/m0/s1. The molecule has 0 spiro atoms. The Bertz CT molecular complexity index is 547. The quantitative estimate of drug-likeness (QED) is 0.787. The Morgan fingerprint density at radius 2 is 2.09 bits per heavy atom. The van der Waals surface area contributed by atoms with E-state index in [-0.39, 0.29) is 0 Å². The predicted molar refractivity (Wildman–Crippen MR) is 90.5 cm³/mol. The van der Waals surface area contributed by atoms with Gasteiger partial charge in [0.1, 0.15) is 0 Å². The van der Waals surface area contributed by atoms with Gasteiger partial charge in [-0.3, -0.25) is 10.1 Å². The van der Waals surface area contributed by atoms with Crippen LogP contribution in [-0.2, 0) is 6.54 Å². The van der Waals surface area contributed by atoms with Crippen LogP contribution < -0.4 is 5.32 Å². The summed E-state index contributed by atoms with van der Waals surface area (Å²) in [5.41, 5.74) is 3.30. The largest absolute Gasteiger partial charge is 0.311 e. The first-order valence-electron chi connectivity index (χ1n) is 7.87. The van der Waals surface area contributed by atoms with Crippen molar-refractivity contribution in [2.45, 2.75) is 32.9 Å². The second-order valence-corrected chi connectivity index (χ2v) is 6.39. The summed E-state index contributed by atoms with van der Waals surface area (Å²) in [5, 5.41) is 10.8. The van der Waals surface area contributed by atoms with Gasteiger partial charge >= 0.3 is 0 Å². The molecular weight excluding hydrogens is 274 g/mol. The van der Waals surface area contributed by atoms with Crippen molar-refractivity contribution >= 4 is 0 Å². The summed E-state index contributed by atoms with van der Waals surface area (Å²) < 4.78 is 0. The van der Waals surface area contributed by atoms with Gasteiger partial charge in [-0.25, -0.2) is 0 Å². The van der Waals surface area contributed by atoms with Crippen molar-refractivity contribution in [3.63, 3.8) is 0 Å². The topological polar surface area (TPSA) is 56.8 Å². The summed E-state index contributed by atoms with van der Waals surface area (Å²) in [6.45, 7) is 6.33. The Morgan fingerprint density at radius 1 is 1.27 bits per heavy atom. The lowest BCUT2D eigenvalue weighted by molar-refractivity contribution is 0.247. The summed E-state index contributed by atoms with van der Waals surface area (Å²) >= 11 is 0. The number of hydrogen-bond acceptors (Lipinski definition) is 4. The highest BCUT2D eigenvalue weighted by molar-refractivity contribution is 5.61. The zero-order valence-electron chi connectivity index (χ0n) is 14.0. The molecule has 0 saturated heterocycles. The van der Waals surface area contributed by atoms with Crippen LogP contribution >= 0.6 is 0 Å². The molecule has 0 fully saturated rings. The van der Waals surface area contributed by atoms with E-state index in [0.29, 0.717) is 12.0 Å². The maximum absolute atomic E-state index is 4.18. The maximum Gasteiger partial charge on any atom is 0.0710 e. The zero-order valence-corrected chi connectivity index (χ0v) is 14.0. The lowest BCUT2D eigenvalue weighted by Crippen LogP contribution is -2.38. The van der Waals surface area contributed by atoms with Crippen molar-refractivity contribution in [2.24, 2.45) is 5.92 Å². The van der Waals surface area contributed by atoms with Crippen LogP contribution in [0.1, 0.15) is 25.8 Å². The molecule has 2 heterocycles. The molecule has 22 heavy (non-hydrogen) atoms. The van der Waals surface area contributed by atoms with Crippen LogP contribution in [0.2, 0.25) is 0 Å². The third-order valence-corrected chi connectivity index (χ3v) is 3.84. The van der Waals surface area contributed by atoms with E-state index in [1.54, 1.807) is 6.20 Å². The highest BCUT2D eigenvalue weighted by Gasteiger charge is 2.14. The molecule has 0 saturated carbocycles. The average molecular weight is 301 g/mol. The van der Waals surface area contributed by atoms with E-state index >= 15 is 0 Å². The van der Waals surface area contributed by atoms with Gasteiger partial charge in [0.2, 0.25) is 0 Å². The smallest absolute Gasteiger partial charge is 0.0710 e. The lowest BCUT2D eigenvalue weighted by atomic mass is 10.0. The molecular formula is C17H27N5. The first-order valence-corrected chi connectivity index (χ1v) is 7.87. The predicted octanol–water partition coefficient (Wildman–Crippen LogP) is 2.54. The maximum atomic E-state index is 4.18. The van der Waals surface area contributed by atoms with E-state index in [4.69, 9.17) is 0 Å². The molecule has 0 bridgehead atoms. The summed E-state index contributed by atoms with van der Waals surface area (Å²) in [7, 11) is 4.29. The van der Waals surface area contributed by atoms with Crippen molar-refractivity contribution in [1.29, 1.82) is 0 Å². The third kappa shape index (κ3) is 4.64. The minimum atomic E-state index is 0.550. The number of pyridine rings is 1. The first kappa shape index (κ1) is 16.6. The molecule has 2 N–H and O–H groups in total. The molecule has 0 radical (unpaired) electrons. The van der Waals surface area contributed by atoms with E-state index < -0.39 is 0 Å². The molecule has 5 heteroatoms. The van der Waals surface area contributed by atoms with Gasteiger partial charge in [-0.1, -0.05) is 13.8 Å². The minimum absolute atomic E-state index is 0.550. The fourth-order valence-electron chi connectivity index (χ4n) is 2.60. The molecule has 1 atom stereocenters. The summed E-state index contributed by atoms with van der Waals surface area (Å²) in [6, 6.07) is 4.54. The Morgan fingerprint density at radius 3 is 2.73 bits per heavy atom. The van der Waals surface area contributed by atoms with Gasteiger partial charge in [-0.15, -0.1) is 0 Å². The molecule has 0 aromatic carbocycles. The SMILES string of the molecule is CC(C)C[C@@H](CNCc1cn[nH]c1-c1cccnc1)N(C)C. The van der Waals surface area contributed by atoms with Crippen molar-refractivity contribution in [1.82, 2.24) is 25.4 Å². The van der Waals surface area contributed by atoms with Gasteiger partial charge in [-0.05, 0) is 38.6 Å². The lowest BCUT2D eigenvalue weighted by Gasteiger charge is -2.26. The van der Waals surface area contributed by atoms with Gasteiger partial charge in [0.15, 0.2) is 0 Å². The van der Waals surface area contributed by atoms with Crippen LogP contribution in [0, 0.1) is 5.92 Å². The highest BCUT2D eigenvalue weighted by atomic mass is 15.1. The van der Waals surface area contributed by atoms with Gasteiger partial charge in [-0.2, -0.15) is 5.10 Å². The van der Waals surface area contributed by atoms with Crippen molar-refractivity contribution in [3.05, 3.63) is 36.3 Å². The monoisotopic (exact) mass is 301 g/mol. The number of nitrogens with one attached hydrogen (secondary N) is 2. The number of likely N-dealkylation sites (N-methyl/N-ethyl adjacent to an activating group) is 1. The third-order valence-electron chi connectivity index (χ3n) is 3.84. The van der Waals surface area contributed by atoms with Crippen LogP contribution in [0.25, 0.3) is 11.3 Å². The van der Waals surface area contributed by atoms with E-state index in [1.165, 1.54) is 12.0 Å². The normalized spacial score (nSPS) is 13.0. The molecule has 0 aliphatic rings. The number of H-pyrrole nitrogens is 1. The number of hydrogen-bond donors (Lipinski definition) is 2. The molecule has 0 unspecified atom stereocenters. The Kier molecular flexibility index (Phi) is 6.10. The van der Waals surface area contributed by atoms with Gasteiger partial charge in [0.25, 0.3) is 0 Å². The number of rotatable bonds is 8. The molecule has 2 aromatic heterocycles. The van der Waals surface area contributed by atoms with Gasteiger partial charge in [0.05, 0.1) is 11.9 Å². The Balaban J connectivity index is 1.94. The van der Waals surface area contributed by atoms with E-state index in [9.17, 15) is 0 Å². The fraction of sp³-hybridized carbons (Fsp3) is 0.529. The molecule has 0 aliphatic carbocycles. The number of nitrogens with zero attached hydrogens (tertiary/aromatic N) is 3. The van der Waals surface area contributed by atoms with Crippen LogP contribution in [0.4, 0.5) is 0 Å². The Hall–Kier alpha value is -1.72. The van der Waals surface area contributed by atoms with Crippen molar-refractivity contribution in [3.8, 4) is 11.3 Å². The highest BCUT2D eigenvalue weighted by Crippen LogP contribution is 2.19. The minimum Gasteiger partial charge on any atom is -0.311 e. The van der Waals surface area contributed by atoms with E-state index in [1.807, 2.05) is 24.5 Å².